The van der Waals surface area contributed by atoms with Gasteiger partial charge in [-0.05, 0) is 80.1 Å². The van der Waals surface area contributed by atoms with Crippen LogP contribution < -0.4 is 26.0 Å². The first-order chi connectivity index (χ1) is 42.2. The maximum absolute atomic E-state index is 14.4. The van der Waals surface area contributed by atoms with E-state index in [9.17, 15) is 49.2 Å². The number of aliphatic hydroxyl groups is 1. The number of phenolic OH excluding ortho intramolecular Hbond substituents is 2. The number of benzene rings is 3. The number of carbonyl (C=O) groups excluding carboxylic acids is 6. The molecule has 0 unspecified atom stereocenters. The topological polar surface area (TPSA) is 327 Å². The number of phenols is 2. The third kappa shape index (κ3) is 15.7. The lowest BCUT2D eigenvalue weighted by Crippen LogP contribution is -2.63. The number of primary amides is 1. The molecule has 3 aromatic carbocycles. The Morgan fingerprint density at radius 3 is 2.37 bits per heavy atom. The van der Waals surface area contributed by atoms with E-state index in [1.807, 2.05) is 39.0 Å². The Bertz CT molecular complexity index is 3350. The van der Waals surface area contributed by atoms with Gasteiger partial charge in [0.2, 0.25) is 17.7 Å². The normalized spacial score (nSPS) is 24.9. The van der Waals surface area contributed by atoms with Crippen LogP contribution in [0.2, 0.25) is 5.02 Å². The number of allylic oxidation sites excluding steroid dienone is 3. The molecule has 8 N–H and O–H groups in total. The Labute approximate surface area is 529 Å². The Hall–Kier alpha value is -7.27. The SMILES string of the molecule is COc1cc2cc(c1Cl)N(C)C(=O)C[C@H](OC(=O)[C@H](C)N(C)C(=O)CCSSC[C@H](NC(=O)N1CCN(Cc3ccc(-n4c(O)nnc4-c4cc(C(C)C)c(O)cc4O)cc3)CC1)C(N)=O)[C@]1(C)O[C@H]1[C@H](C)[C@@H]1C[C@@](O)(NC(=O)O1)[C@H](OC)/C=C/C=C(\C)C2. The Balaban J connectivity index is 0.830. The van der Waals surface area contributed by atoms with Gasteiger partial charge in [0, 0.05) is 90.3 Å². The van der Waals surface area contributed by atoms with E-state index < -0.39 is 96.0 Å². The number of urea groups is 1. The summed E-state index contributed by atoms with van der Waals surface area (Å²) in [7, 11) is 8.42. The molecular weight excluding hydrogens is 1210 g/mol. The first-order valence-electron chi connectivity index (χ1n) is 29.1. The highest BCUT2D eigenvalue weighted by atomic mass is 35.5. The molecule has 1 aromatic heterocycles. The van der Waals surface area contributed by atoms with E-state index >= 15 is 0 Å². The van der Waals surface area contributed by atoms with Gasteiger partial charge in [0.25, 0.3) is 0 Å². The first kappa shape index (κ1) is 67.7. The molecule has 89 heavy (non-hydrogen) atoms. The van der Waals surface area contributed by atoms with Crippen LogP contribution >= 0.6 is 33.2 Å². The number of piperazine rings is 1. The molecule has 0 radical (unpaired) electrons. The molecule has 5 heterocycles. The van der Waals surface area contributed by atoms with Crippen molar-refractivity contribution < 1.29 is 72.9 Å². The van der Waals surface area contributed by atoms with Crippen molar-refractivity contribution in [2.24, 2.45) is 11.7 Å². The summed E-state index contributed by atoms with van der Waals surface area (Å²) in [6.07, 6.45) is 0.310. The van der Waals surface area contributed by atoms with Gasteiger partial charge in [-0.2, -0.15) is 0 Å². The van der Waals surface area contributed by atoms with Gasteiger partial charge in [-0.1, -0.05) is 95.0 Å². The predicted octanol–water partition coefficient (Wildman–Crippen LogP) is 6.16. The summed E-state index contributed by atoms with van der Waals surface area (Å²) in [4.78, 5) is 87.7. The third-order valence-corrected chi connectivity index (χ3v) is 19.6. The number of likely N-dealkylation sites (N-methyl/N-ethyl adjacent to an activating group) is 1. The average molecular weight is 1290 g/mol. The smallest absolute Gasteiger partial charge is 0.409 e. The molecule has 25 nitrogen and oxygen atoms in total. The molecule has 4 bridgehead atoms. The van der Waals surface area contributed by atoms with Crippen LogP contribution in [0.25, 0.3) is 17.1 Å². The number of carbonyl (C=O) groups is 6. The number of alkyl carbamates (subject to hydrolysis) is 1. The second-order valence-electron chi connectivity index (χ2n) is 23.3. The molecule has 0 saturated carbocycles. The van der Waals surface area contributed by atoms with Crippen molar-refractivity contribution in [1.29, 1.82) is 0 Å². The zero-order valence-corrected chi connectivity index (χ0v) is 53.8. The number of aromatic nitrogens is 3. The van der Waals surface area contributed by atoms with Gasteiger partial charge in [-0.15, -0.1) is 5.10 Å². The fourth-order valence-electron chi connectivity index (χ4n) is 11.2. The number of ether oxygens (including phenoxy) is 5. The number of esters is 1. The zero-order valence-electron chi connectivity index (χ0n) is 51.4. The predicted molar refractivity (Wildman–Crippen MR) is 335 cm³/mol. The minimum absolute atomic E-state index is 0.0150. The molecule has 482 valence electrons. The highest BCUT2D eigenvalue weighted by Gasteiger charge is 2.64. The van der Waals surface area contributed by atoms with E-state index in [4.69, 9.17) is 41.0 Å². The van der Waals surface area contributed by atoms with Crippen molar-refractivity contribution in [2.75, 3.05) is 70.9 Å². The summed E-state index contributed by atoms with van der Waals surface area (Å²) in [5, 5.41) is 57.1. The van der Waals surface area contributed by atoms with Crippen LogP contribution in [0, 0.1) is 5.92 Å². The van der Waals surface area contributed by atoms with Crippen LogP contribution in [-0.4, -0.2) is 200 Å². The molecule has 4 aliphatic heterocycles. The van der Waals surface area contributed by atoms with Gasteiger partial charge in [0.1, 0.15) is 58.3 Å². The summed E-state index contributed by atoms with van der Waals surface area (Å²) >= 11 is 6.84. The molecular formula is C61H79ClN10O15S2. The Morgan fingerprint density at radius 1 is 1.00 bits per heavy atom. The van der Waals surface area contributed by atoms with E-state index in [0.717, 1.165) is 16.7 Å². The number of nitrogens with zero attached hydrogens (tertiary/aromatic N) is 7. The van der Waals surface area contributed by atoms with Crippen LogP contribution in [0.3, 0.4) is 0 Å². The minimum atomic E-state index is -1.89. The summed E-state index contributed by atoms with van der Waals surface area (Å²) in [5.41, 5.74) is 6.93. The minimum Gasteiger partial charge on any atom is -0.508 e. The van der Waals surface area contributed by atoms with Crippen LogP contribution in [0.5, 0.6) is 23.3 Å². The van der Waals surface area contributed by atoms with Gasteiger partial charge in [0.15, 0.2) is 11.5 Å². The maximum atomic E-state index is 14.4. The van der Waals surface area contributed by atoms with Gasteiger partial charge in [-0.25, -0.2) is 19.0 Å². The summed E-state index contributed by atoms with van der Waals surface area (Å²) in [6.45, 7) is 13.1. The Kier molecular flexibility index (Phi) is 21.8. The summed E-state index contributed by atoms with van der Waals surface area (Å²) in [5.74, 6) is -2.47. The molecule has 0 aliphatic carbocycles. The quantitative estimate of drug-likeness (QED) is 0.0254. The Morgan fingerprint density at radius 2 is 1.71 bits per heavy atom. The number of amides is 6. The highest BCUT2D eigenvalue weighted by molar-refractivity contribution is 8.76. The van der Waals surface area contributed by atoms with Crippen LogP contribution in [0.4, 0.5) is 15.3 Å². The molecule has 0 spiro atoms. The molecule has 3 fully saturated rings. The summed E-state index contributed by atoms with van der Waals surface area (Å²) < 4.78 is 30.9. The van der Waals surface area contributed by atoms with E-state index in [1.165, 1.54) is 70.2 Å². The number of hydrogen-bond donors (Lipinski definition) is 7. The second-order valence-corrected chi connectivity index (χ2v) is 26.3. The van der Waals surface area contributed by atoms with Crippen LogP contribution in [0.1, 0.15) is 83.4 Å². The van der Waals surface area contributed by atoms with E-state index in [2.05, 4.69) is 25.7 Å². The van der Waals surface area contributed by atoms with E-state index in [0.29, 0.717) is 67.4 Å². The second kappa shape index (κ2) is 28.7. The van der Waals surface area contributed by atoms with E-state index in [-0.39, 0.29) is 58.6 Å². The molecule has 8 rings (SSSR count). The van der Waals surface area contributed by atoms with Crippen LogP contribution in [0.15, 0.2) is 72.3 Å². The lowest BCUT2D eigenvalue weighted by atomic mass is 9.83. The van der Waals surface area contributed by atoms with E-state index in [1.54, 1.807) is 68.3 Å². The zero-order chi connectivity index (χ0) is 64.8. The number of epoxide rings is 1. The average Bonchev–Trinajstić information content (AvgIpc) is 1.62. The van der Waals surface area contributed by atoms with Gasteiger partial charge in [0.05, 0.1) is 36.6 Å². The van der Waals surface area contributed by atoms with Crippen molar-refractivity contribution in [2.45, 2.75) is 128 Å². The molecule has 9 atom stereocenters. The molecule has 6 amide bonds. The van der Waals surface area contributed by atoms with Crippen molar-refractivity contribution in [3.05, 3.63) is 94.0 Å². The third-order valence-electron chi connectivity index (χ3n) is 16.8. The number of fused-ring (bicyclic) bond motifs is 5. The number of halogens is 1. The van der Waals surface area contributed by atoms with Crippen molar-refractivity contribution in [3.63, 3.8) is 0 Å². The largest absolute Gasteiger partial charge is 0.508 e. The van der Waals surface area contributed by atoms with Crippen molar-refractivity contribution >= 4 is 74.7 Å². The first-order valence-corrected chi connectivity index (χ1v) is 32.0. The van der Waals surface area contributed by atoms with Crippen LogP contribution in [-0.2, 0) is 51.1 Å². The number of nitrogens with two attached hydrogens (primary N) is 1. The number of rotatable bonds is 18. The van der Waals surface area contributed by atoms with Crippen molar-refractivity contribution in [1.82, 2.24) is 40.1 Å². The highest BCUT2D eigenvalue weighted by Crippen LogP contribution is 2.49. The van der Waals surface area contributed by atoms with Gasteiger partial charge < -0.3 is 69.9 Å². The van der Waals surface area contributed by atoms with Crippen molar-refractivity contribution in [3.8, 4) is 40.3 Å². The molecule has 3 saturated heterocycles. The number of hydrogen-bond acceptors (Lipinski definition) is 20. The standard InChI is InChI=1S/C61H79ClN10O15S2/c1-33(2)40-27-41(45(74)28-44(40)73)55-66-67-58(80)72(55)39-16-14-37(15-17-39)31-70-19-21-71(22-20-70)57(79)64-42(54(63)77)32-89-88-23-18-50(75)68(7)36(5)56(78)86-49-29-51(76)69(8)43-25-38(26-46(83-9)52(43)62)24-34(3)12-11-13-48(84-10)61(82)30-47(85-59(81)65-61)35(4)53-60(49,6)87-53/h11-17,25-28,33,35-36,42,47-49,53,73-74,82H,18-24,29-32H2,1-10H3,(H2,63,77)(H,64,79)(H,65,81)(H,67,80)/b13-11+,34-12+/t35-,36+,42+,47+,48-,49+,53+,60+,61+/m1/s1. The monoisotopic (exact) mass is 1290 g/mol. The maximum Gasteiger partial charge on any atom is 0.409 e. The molecule has 4 aliphatic rings. The molecule has 4 aromatic rings. The number of anilines is 1. The van der Waals surface area contributed by atoms with Gasteiger partial charge in [-0.3, -0.25) is 24.6 Å². The lowest BCUT2D eigenvalue weighted by molar-refractivity contribution is -0.162. The molecule has 28 heteroatoms. The summed E-state index contributed by atoms with van der Waals surface area (Å²) in [6, 6.07) is 10.8. The lowest BCUT2D eigenvalue weighted by Gasteiger charge is -2.42. The van der Waals surface area contributed by atoms with Gasteiger partial charge >= 0.3 is 24.1 Å². The fraction of sp³-hybridized carbons (Fsp3) is 0.508. The fourth-order valence-corrected chi connectivity index (χ4v) is 13.6. The number of nitrogens with one attached hydrogen (secondary N) is 2. The number of aromatic hydroxyl groups is 3. The number of methoxy groups -OCH3 is 2.